The van der Waals surface area contributed by atoms with Crippen molar-refractivity contribution in [2.45, 2.75) is 26.7 Å². The van der Waals surface area contributed by atoms with E-state index in [1.54, 1.807) is 0 Å². The summed E-state index contributed by atoms with van der Waals surface area (Å²) in [7, 11) is 0. The molecule has 0 radical (unpaired) electrons. The van der Waals surface area contributed by atoms with Gasteiger partial charge in [0.05, 0.1) is 55.8 Å². The van der Waals surface area contributed by atoms with E-state index < -0.39 is 0 Å². The summed E-state index contributed by atoms with van der Waals surface area (Å²) in [6.07, 6.45) is 1.76. The Morgan fingerprint density at radius 3 is 0.989 bits per heavy atom. The van der Waals surface area contributed by atoms with E-state index in [-0.39, 0.29) is 0 Å². The molecule has 0 unspecified atom stereocenters. The van der Waals surface area contributed by atoms with Crippen LogP contribution in [0, 0.1) is 0 Å². The maximum Gasteiger partial charge on any atom is 0.159 e. The van der Waals surface area contributed by atoms with Gasteiger partial charge in [-0.2, -0.15) is 0 Å². The van der Waals surface area contributed by atoms with Gasteiger partial charge in [0.1, 0.15) is 11.2 Å². The maximum atomic E-state index is 7.08. The van der Waals surface area contributed by atoms with Crippen LogP contribution in [0.2, 0.25) is 0 Å². The Balaban J connectivity index is 0.954. The fourth-order valence-electron chi connectivity index (χ4n) is 15.5. The summed E-state index contributed by atoms with van der Waals surface area (Å²) < 4.78 is 19.4. The van der Waals surface area contributed by atoms with Gasteiger partial charge in [-0.25, -0.2) is 0 Å². The third-order valence-electron chi connectivity index (χ3n) is 19.1. The zero-order chi connectivity index (χ0) is 57.9. The van der Waals surface area contributed by atoms with Crippen LogP contribution >= 0.6 is 0 Å². The highest BCUT2D eigenvalue weighted by atomic mass is 16.3. The monoisotopic (exact) mass is 1130 g/mol. The maximum absolute atomic E-state index is 7.08. The van der Waals surface area contributed by atoms with Crippen molar-refractivity contribution in [2.75, 3.05) is 9.80 Å². The average molecular weight is 1130 g/mol. The van der Waals surface area contributed by atoms with E-state index in [1.807, 2.05) is 0 Å². The predicted octanol–water partition coefficient (Wildman–Crippen LogP) is 23.2. The molecule has 0 saturated heterocycles. The lowest BCUT2D eigenvalue weighted by molar-refractivity contribution is 0.663. The van der Waals surface area contributed by atoms with E-state index in [1.165, 1.54) is 87.4 Å². The van der Waals surface area contributed by atoms with E-state index in [4.69, 9.17) is 8.83 Å². The third-order valence-corrected chi connectivity index (χ3v) is 19.1. The van der Waals surface area contributed by atoms with E-state index >= 15 is 0 Å². The second-order valence-electron chi connectivity index (χ2n) is 23.5. The molecule has 0 bridgehead atoms. The minimum Gasteiger partial charge on any atom is -0.454 e. The first-order chi connectivity index (χ1) is 43.7. The number of anilines is 6. The Labute approximate surface area is 505 Å². The molecule has 6 aromatic heterocycles. The summed E-state index contributed by atoms with van der Waals surface area (Å²) in [5, 5.41) is 14.1. The van der Waals surface area contributed by atoms with Gasteiger partial charge in [-0.1, -0.05) is 220 Å². The zero-order valence-electron chi connectivity index (χ0n) is 48.4. The Morgan fingerprint density at radius 2 is 0.591 bits per heavy atom. The summed E-state index contributed by atoms with van der Waals surface area (Å²) in [5.41, 5.74) is 24.1. The Kier molecular flexibility index (Phi) is 10.3. The molecule has 0 N–H and O–H groups in total. The number of para-hydroxylation sites is 8. The van der Waals surface area contributed by atoms with E-state index in [0.29, 0.717) is 0 Å². The average Bonchev–Trinajstić information content (AvgIpc) is 1.51. The first-order valence-electron chi connectivity index (χ1n) is 30.7. The lowest BCUT2D eigenvalue weighted by atomic mass is 9.89. The van der Waals surface area contributed by atoms with Crippen molar-refractivity contribution >= 4 is 154 Å². The number of hydrogen-bond acceptors (Lipinski definition) is 4. The van der Waals surface area contributed by atoms with Crippen LogP contribution in [0.25, 0.3) is 142 Å². The van der Waals surface area contributed by atoms with Gasteiger partial charge in [-0.3, -0.25) is 0 Å². The van der Waals surface area contributed by atoms with Gasteiger partial charge in [0.2, 0.25) is 0 Å². The molecule has 0 aliphatic carbocycles. The second-order valence-corrected chi connectivity index (χ2v) is 23.5. The van der Waals surface area contributed by atoms with Gasteiger partial charge < -0.3 is 27.4 Å². The first-order valence-corrected chi connectivity index (χ1v) is 30.7. The fraction of sp³-hybridized carbons (Fsp3) is 0.0488. The molecule has 0 atom stereocenters. The van der Waals surface area contributed by atoms with Crippen LogP contribution in [0.5, 0.6) is 0 Å². The van der Waals surface area contributed by atoms with Crippen LogP contribution < -0.4 is 9.80 Å². The summed E-state index contributed by atoms with van der Waals surface area (Å²) in [5.74, 6) is 0. The highest BCUT2D eigenvalue weighted by molar-refractivity contribution is 6.39. The van der Waals surface area contributed by atoms with E-state index in [9.17, 15) is 0 Å². The molecular formula is C82H54N4O2. The standard InChI is InChI=1S/C82H54N4O2/c1-3-49-29-17-35-55-57-37-21-47-67(81(57)87-79(49)55)83(53-31-13-7-14-32-53)63-43-23-45-65-71(63)59-39-19-41-61-73-70(52-27-11-6-12-28-52)78-74(69(51-25-9-5-10-26-51)77(73)85(65)75(59)61)62-42-20-40-60-72-64(44-24-46-66(72)86(78)76(60)62)84(54-33-15-8-16-34-54)68-48-22-38-58-56-36-18-30-50(4-2)80(56)88-82(58)68/h5-48H,3-4H2,1-2H3. The third kappa shape index (κ3) is 6.55. The van der Waals surface area contributed by atoms with Crippen molar-refractivity contribution in [1.29, 1.82) is 0 Å². The SMILES string of the molecule is CCc1cccc2c1oc1c(N(c3ccccc3)c3cccc4c3c3cccc5c6c(-c7ccccc7)c7c(c(-c8ccccc8)c6n4c35)c3cccc4c5c(N(c6ccccc6)c6cccc8c6oc6c(CC)cccc68)cccc5n7c43)cccc12. The number of aryl methyl sites for hydroxylation is 2. The van der Waals surface area contributed by atoms with Gasteiger partial charge >= 0.3 is 0 Å². The Morgan fingerprint density at radius 1 is 0.273 bits per heavy atom. The molecule has 0 aliphatic rings. The zero-order valence-corrected chi connectivity index (χ0v) is 48.4. The molecule has 0 aliphatic heterocycles. The number of furan rings is 2. The van der Waals surface area contributed by atoms with Crippen LogP contribution in [0.1, 0.15) is 25.0 Å². The molecule has 6 heteroatoms. The van der Waals surface area contributed by atoms with Crippen LogP contribution in [-0.4, -0.2) is 8.80 Å². The molecule has 19 rings (SSSR count). The normalized spacial score (nSPS) is 12.3. The second kappa shape index (κ2) is 18.6. The number of hydrogen-bond donors (Lipinski definition) is 0. The number of nitrogens with zero attached hydrogens (tertiary/aromatic N) is 4. The highest BCUT2D eigenvalue weighted by Crippen LogP contribution is 2.57. The van der Waals surface area contributed by atoms with Gasteiger partial charge in [0, 0.05) is 87.1 Å². The summed E-state index contributed by atoms with van der Waals surface area (Å²) in [6, 6.07) is 98.1. The van der Waals surface area contributed by atoms with Gasteiger partial charge in [0.15, 0.2) is 11.2 Å². The van der Waals surface area contributed by atoms with Gasteiger partial charge in [0.25, 0.3) is 0 Å². The topological polar surface area (TPSA) is 41.6 Å². The number of rotatable bonds is 10. The van der Waals surface area contributed by atoms with Crippen molar-refractivity contribution in [3.05, 3.63) is 278 Å². The van der Waals surface area contributed by atoms with Crippen molar-refractivity contribution in [2.24, 2.45) is 0 Å². The van der Waals surface area contributed by atoms with Crippen molar-refractivity contribution < 1.29 is 8.83 Å². The molecule has 13 aromatic carbocycles. The largest absolute Gasteiger partial charge is 0.454 e. The molecule has 0 saturated carbocycles. The van der Waals surface area contributed by atoms with Crippen molar-refractivity contribution in [3.63, 3.8) is 0 Å². The molecule has 0 amide bonds. The minimum atomic E-state index is 0.870. The number of fused-ring (bicyclic) bond motifs is 18. The predicted molar refractivity (Wildman–Crippen MR) is 369 cm³/mol. The summed E-state index contributed by atoms with van der Waals surface area (Å²) >= 11 is 0. The molecule has 6 heterocycles. The smallest absolute Gasteiger partial charge is 0.159 e. The Hall–Kier alpha value is -11.3. The molecule has 0 fully saturated rings. The van der Waals surface area contributed by atoms with Crippen molar-refractivity contribution in [1.82, 2.24) is 8.80 Å². The van der Waals surface area contributed by atoms with Gasteiger partial charge in [-0.15, -0.1) is 0 Å². The molecule has 88 heavy (non-hydrogen) atoms. The molecule has 0 spiro atoms. The Bertz CT molecular complexity index is 5640. The lowest BCUT2D eigenvalue weighted by Crippen LogP contribution is -2.10. The minimum absolute atomic E-state index is 0.870. The van der Waals surface area contributed by atoms with Crippen molar-refractivity contribution in [3.8, 4) is 22.3 Å². The van der Waals surface area contributed by atoms with Crippen LogP contribution in [0.4, 0.5) is 34.1 Å². The molecule has 19 aromatic rings. The van der Waals surface area contributed by atoms with E-state index in [0.717, 1.165) is 113 Å². The quantitative estimate of drug-likeness (QED) is 0.137. The van der Waals surface area contributed by atoms with E-state index in [2.05, 4.69) is 299 Å². The van der Waals surface area contributed by atoms with Crippen LogP contribution in [0.15, 0.2) is 276 Å². The number of aromatic nitrogens is 2. The first kappa shape index (κ1) is 49.0. The van der Waals surface area contributed by atoms with Crippen LogP contribution in [-0.2, 0) is 12.8 Å². The number of benzene rings is 13. The highest BCUT2D eigenvalue weighted by Gasteiger charge is 2.33. The van der Waals surface area contributed by atoms with Crippen LogP contribution in [0.3, 0.4) is 0 Å². The molecular weight excluding hydrogens is 1070 g/mol. The molecule has 6 nitrogen and oxygen atoms in total. The molecule has 414 valence electrons. The summed E-state index contributed by atoms with van der Waals surface area (Å²) in [6.45, 7) is 4.41. The lowest BCUT2D eigenvalue weighted by Gasteiger charge is -2.26. The fourth-order valence-corrected chi connectivity index (χ4v) is 15.5. The summed E-state index contributed by atoms with van der Waals surface area (Å²) in [4.78, 5) is 4.86. The van der Waals surface area contributed by atoms with Gasteiger partial charge in [-0.05, 0) is 95.8 Å².